The quantitative estimate of drug-likeness (QED) is 0.714. The molecule has 64 valence electrons. The lowest BCUT2D eigenvalue weighted by Gasteiger charge is -2.13. The van der Waals surface area contributed by atoms with Crippen molar-refractivity contribution < 1.29 is 0 Å². The molecule has 0 radical (unpaired) electrons. The molecule has 1 heteroatoms. The Bertz CT molecular complexity index is 249. The maximum absolute atomic E-state index is 3.40. The lowest BCUT2D eigenvalue weighted by atomic mass is 10.0. The average Bonchev–Trinajstić information content (AvgIpc) is 2.88. The molecule has 1 N–H and O–H groups in total. The van der Waals surface area contributed by atoms with Gasteiger partial charge in [-0.05, 0) is 31.9 Å². The maximum Gasteiger partial charge on any atom is 0.0220 e. The van der Waals surface area contributed by atoms with E-state index in [0.29, 0.717) is 5.54 Å². The first-order chi connectivity index (χ1) is 5.85. The molecule has 1 aliphatic rings. The van der Waals surface area contributed by atoms with E-state index in [-0.39, 0.29) is 0 Å². The van der Waals surface area contributed by atoms with Gasteiger partial charge in [-0.1, -0.05) is 30.3 Å². The summed E-state index contributed by atoms with van der Waals surface area (Å²) in [6, 6.07) is 10.7. The van der Waals surface area contributed by atoms with Crippen LogP contribution in [-0.4, -0.2) is 12.6 Å². The molecule has 1 aliphatic carbocycles. The van der Waals surface area contributed by atoms with Gasteiger partial charge in [0.15, 0.2) is 0 Å². The first kappa shape index (κ1) is 7.81. The average molecular weight is 161 g/mol. The van der Waals surface area contributed by atoms with Gasteiger partial charge in [-0.3, -0.25) is 0 Å². The summed E-state index contributed by atoms with van der Waals surface area (Å²) in [5.74, 6) is 0. The largest absolute Gasteiger partial charge is 0.314 e. The van der Waals surface area contributed by atoms with Gasteiger partial charge in [-0.25, -0.2) is 0 Å². The van der Waals surface area contributed by atoms with Gasteiger partial charge in [0.05, 0.1) is 0 Å². The zero-order valence-corrected chi connectivity index (χ0v) is 7.51. The summed E-state index contributed by atoms with van der Waals surface area (Å²) in [6.45, 7) is 0. The molecule has 1 aromatic carbocycles. The topological polar surface area (TPSA) is 12.0 Å². The van der Waals surface area contributed by atoms with Crippen molar-refractivity contribution >= 4 is 0 Å². The first-order valence-corrected chi connectivity index (χ1v) is 4.57. The van der Waals surface area contributed by atoms with Crippen LogP contribution >= 0.6 is 0 Å². The van der Waals surface area contributed by atoms with Gasteiger partial charge in [-0.15, -0.1) is 0 Å². The zero-order chi connectivity index (χ0) is 8.44. The summed E-state index contributed by atoms with van der Waals surface area (Å²) < 4.78 is 0. The molecule has 1 nitrogen and oxygen atoms in total. The van der Waals surface area contributed by atoms with Crippen molar-refractivity contribution in [1.82, 2.24) is 5.32 Å². The van der Waals surface area contributed by atoms with Crippen molar-refractivity contribution in [2.75, 3.05) is 7.05 Å². The van der Waals surface area contributed by atoms with Crippen molar-refractivity contribution in [2.45, 2.75) is 24.8 Å². The van der Waals surface area contributed by atoms with E-state index in [2.05, 4.69) is 42.7 Å². The molecule has 0 unspecified atom stereocenters. The minimum absolute atomic E-state index is 0.446. The lowest BCUT2D eigenvalue weighted by molar-refractivity contribution is 0.549. The monoisotopic (exact) mass is 161 g/mol. The van der Waals surface area contributed by atoms with E-state index in [1.54, 1.807) is 0 Å². The van der Waals surface area contributed by atoms with Gasteiger partial charge in [-0.2, -0.15) is 0 Å². The molecule has 0 aliphatic heterocycles. The molecular formula is C11H15N. The van der Waals surface area contributed by atoms with E-state index >= 15 is 0 Å². The van der Waals surface area contributed by atoms with E-state index in [0.717, 1.165) is 0 Å². The fourth-order valence-corrected chi connectivity index (χ4v) is 1.65. The van der Waals surface area contributed by atoms with Gasteiger partial charge in [0.1, 0.15) is 0 Å². The van der Waals surface area contributed by atoms with Crippen LogP contribution in [-0.2, 0) is 6.42 Å². The third-order valence-electron chi connectivity index (χ3n) is 2.77. The number of rotatable bonds is 3. The van der Waals surface area contributed by atoms with Crippen LogP contribution < -0.4 is 5.32 Å². The van der Waals surface area contributed by atoms with Crippen LogP contribution in [0.5, 0.6) is 0 Å². The first-order valence-electron chi connectivity index (χ1n) is 4.57. The molecule has 0 heterocycles. The van der Waals surface area contributed by atoms with E-state index in [1.165, 1.54) is 24.8 Å². The normalized spacial score (nSPS) is 19.1. The van der Waals surface area contributed by atoms with Crippen molar-refractivity contribution in [1.29, 1.82) is 0 Å². The van der Waals surface area contributed by atoms with Gasteiger partial charge >= 0.3 is 0 Å². The van der Waals surface area contributed by atoms with Crippen LogP contribution in [0, 0.1) is 0 Å². The number of benzene rings is 1. The highest BCUT2D eigenvalue weighted by Crippen LogP contribution is 2.37. The molecular weight excluding hydrogens is 146 g/mol. The van der Waals surface area contributed by atoms with Crippen molar-refractivity contribution in [3.63, 3.8) is 0 Å². The van der Waals surface area contributed by atoms with Crippen LogP contribution in [0.3, 0.4) is 0 Å². The van der Waals surface area contributed by atoms with Gasteiger partial charge in [0.2, 0.25) is 0 Å². The van der Waals surface area contributed by atoms with Crippen LogP contribution in [0.2, 0.25) is 0 Å². The summed E-state index contributed by atoms with van der Waals surface area (Å²) >= 11 is 0. The Kier molecular flexibility index (Phi) is 1.89. The smallest absolute Gasteiger partial charge is 0.0220 e. The van der Waals surface area contributed by atoms with Crippen LogP contribution in [0.4, 0.5) is 0 Å². The molecule has 2 rings (SSSR count). The zero-order valence-electron chi connectivity index (χ0n) is 7.51. The van der Waals surface area contributed by atoms with E-state index in [9.17, 15) is 0 Å². The predicted molar refractivity (Wildman–Crippen MR) is 51.2 cm³/mol. The molecule has 0 bridgehead atoms. The number of hydrogen-bond donors (Lipinski definition) is 1. The van der Waals surface area contributed by atoms with Gasteiger partial charge in [0, 0.05) is 5.54 Å². The molecule has 0 amide bonds. The summed E-state index contributed by atoms with van der Waals surface area (Å²) in [6.07, 6.45) is 3.85. The Morgan fingerprint density at radius 2 is 1.92 bits per heavy atom. The van der Waals surface area contributed by atoms with E-state index < -0.39 is 0 Å². The molecule has 0 spiro atoms. The Hall–Kier alpha value is -0.820. The Morgan fingerprint density at radius 3 is 2.42 bits per heavy atom. The minimum atomic E-state index is 0.446. The summed E-state index contributed by atoms with van der Waals surface area (Å²) in [4.78, 5) is 0. The van der Waals surface area contributed by atoms with E-state index in [1.807, 2.05) is 0 Å². The second kappa shape index (κ2) is 2.91. The molecule has 12 heavy (non-hydrogen) atoms. The second-order valence-electron chi connectivity index (χ2n) is 3.69. The predicted octanol–water partition coefficient (Wildman–Crippen LogP) is 1.98. The molecule has 1 fully saturated rings. The molecule has 0 aromatic heterocycles. The fraction of sp³-hybridized carbons (Fsp3) is 0.455. The highest BCUT2D eigenvalue weighted by Gasteiger charge is 2.40. The standard InChI is InChI=1S/C11H15N/c1-12-11(7-8-11)9-10-5-3-2-4-6-10/h2-6,12H,7-9H2,1H3. The maximum atomic E-state index is 3.40. The van der Waals surface area contributed by atoms with Crippen LogP contribution in [0.1, 0.15) is 18.4 Å². The molecule has 1 saturated carbocycles. The molecule has 0 saturated heterocycles. The summed E-state index contributed by atoms with van der Waals surface area (Å²) in [5.41, 5.74) is 1.89. The third kappa shape index (κ3) is 1.51. The van der Waals surface area contributed by atoms with Crippen LogP contribution in [0.25, 0.3) is 0 Å². The van der Waals surface area contributed by atoms with Crippen molar-refractivity contribution in [3.8, 4) is 0 Å². The summed E-state index contributed by atoms with van der Waals surface area (Å²) in [5, 5.41) is 3.40. The Morgan fingerprint density at radius 1 is 1.25 bits per heavy atom. The number of hydrogen-bond acceptors (Lipinski definition) is 1. The minimum Gasteiger partial charge on any atom is -0.314 e. The van der Waals surface area contributed by atoms with Crippen LogP contribution in [0.15, 0.2) is 30.3 Å². The number of nitrogens with one attached hydrogen (secondary N) is 1. The highest BCUT2D eigenvalue weighted by molar-refractivity contribution is 5.20. The Labute approximate surface area is 73.8 Å². The lowest BCUT2D eigenvalue weighted by Crippen LogP contribution is -2.29. The molecule has 1 aromatic rings. The molecule has 0 atom stereocenters. The van der Waals surface area contributed by atoms with Crippen molar-refractivity contribution in [2.24, 2.45) is 0 Å². The summed E-state index contributed by atoms with van der Waals surface area (Å²) in [7, 11) is 2.07. The SMILES string of the molecule is CNC1(Cc2ccccc2)CC1. The second-order valence-corrected chi connectivity index (χ2v) is 3.69. The fourth-order valence-electron chi connectivity index (χ4n) is 1.65. The highest BCUT2D eigenvalue weighted by atomic mass is 15.0. The van der Waals surface area contributed by atoms with E-state index in [4.69, 9.17) is 0 Å². The van der Waals surface area contributed by atoms with Gasteiger partial charge in [0.25, 0.3) is 0 Å². The Balaban J connectivity index is 2.04. The van der Waals surface area contributed by atoms with Gasteiger partial charge < -0.3 is 5.32 Å². The third-order valence-corrected chi connectivity index (χ3v) is 2.77. The number of likely N-dealkylation sites (N-methyl/N-ethyl adjacent to an activating group) is 1. The van der Waals surface area contributed by atoms with Crippen molar-refractivity contribution in [3.05, 3.63) is 35.9 Å².